The largest absolute Gasteiger partial charge is 0.298 e. The van der Waals surface area contributed by atoms with Gasteiger partial charge in [-0.25, -0.2) is 13.4 Å². The van der Waals surface area contributed by atoms with Crippen LogP contribution < -0.4 is 5.32 Å². The molecule has 2 aromatic carbocycles. The molecule has 1 heterocycles. The zero-order valence-electron chi connectivity index (χ0n) is 13.1. The van der Waals surface area contributed by atoms with Crippen molar-refractivity contribution < 1.29 is 18.1 Å². The summed E-state index contributed by atoms with van der Waals surface area (Å²) in [5.41, 5.74) is -0.0794. The third kappa shape index (κ3) is 3.66. The number of anilines is 1. The van der Waals surface area contributed by atoms with Gasteiger partial charge in [-0.1, -0.05) is 22.9 Å². The molecule has 0 aliphatic heterocycles. The Labute approximate surface area is 156 Å². The zero-order chi connectivity index (χ0) is 19.1. The van der Waals surface area contributed by atoms with Crippen LogP contribution in [0.15, 0.2) is 41.3 Å². The van der Waals surface area contributed by atoms with Crippen LogP contribution in [0.5, 0.6) is 0 Å². The van der Waals surface area contributed by atoms with Crippen LogP contribution in [0.2, 0.25) is 5.02 Å². The van der Waals surface area contributed by atoms with Gasteiger partial charge in [-0.05, 0) is 30.3 Å². The second-order valence-corrected chi connectivity index (χ2v) is 8.78. The van der Waals surface area contributed by atoms with Crippen LogP contribution in [-0.4, -0.2) is 30.5 Å². The second-order valence-electron chi connectivity index (χ2n) is 5.29. The molecule has 11 heteroatoms. The van der Waals surface area contributed by atoms with E-state index in [-0.39, 0.29) is 26.3 Å². The van der Waals surface area contributed by atoms with E-state index in [0.29, 0.717) is 10.2 Å². The zero-order valence-corrected chi connectivity index (χ0v) is 15.5. The van der Waals surface area contributed by atoms with Gasteiger partial charge in [0, 0.05) is 17.3 Å². The van der Waals surface area contributed by atoms with Gasteiger partial charge >= 0.3 is 0 Å². The first kappa shape index (κ1) is 18.2. The molecular weight excluding hydrogens is 402 g/mol. The van der Waals surface area contributed by atoms with Gasteiger partial charge in [-0.3, -0.25) is 20.2 Å². The smallest absolute Gasteiger partial charge is 0.282 e. The number of rotatable bonds is 4. The summed E-state index contributed by atoms with van der Waals surface area (Å²) in [4.78, 5) is 27.1. The fourth-order valence-electron chi connectivity index (χ4n) is 2.20. The van der Waals surface area contributed by atoms with Crippen molar-refractivity contribution in [2.45, 2.75) is 4.90 Å². The molecule has 0 aliphatic carbocycles. The lowest BCUT2D eigenvalue weighted by molar-refractivity contribution is -0.385. The minimum absolute atomic E-state index is 0.136. The summed E-state index contributed by atoms with van der Waals surface area (Å²) in [6.45, 7) is 0. The van der Waals surface area contributed by atoms with Gasteiger partial charge in [0.15, 0.2) is 15.0 Å². The first-order valence-electron chi connectivity index (χ1n) is 7.01. The molecule has 0 bridgehead atoms. The summed E-state index contributed by atoms with van der Waals surface area (Å²) in [7, 11) is -3.37. The van der Waals surface area contributed by atoms with E-state index in [1.807, 2.05) is 0 Å². The highest BCUT2D eigenvalue weighted by Crippen LogP contribution is 2.29. The van der Waals surface area contributed by atoms with Gasteiger partial charge in [0.1, 0.15) is 5.56 Å². The fourth-order valence-corrected chi connectivity index (χ4v) is 4.00. The van der Waals surface area contributed by atoms with Crippen molar-refractivity contribution >= 4 is 59.7 Å². The van der Waals surface area contributed by atoms with E-state index >= 15 is 0 Å². The molecule has 1 aromatic heterocycles. The number of fused-ring (bicyclic) bond motifs is 1. The minimum atomic E-state index is -3.37. The van der Waals surface area contributed by atoms with E-state index in [9.17, 15) is 23.3 Å². The normalized spacial score (nSPS) is 11.5. The highest BCUT2D eigenvalue weighted by Gasteiger charge is 2.21. The maximum absolute atomic E-state index is 12.4. The van der Waals surface area contributed by atoms with Gasteiger partial charge in [-0.2, -0.15) is 0 Å². The van der Waals surface area contributed by atoms with Crippen LogP contribution >= 0.6 is 22.9 Å². The van der Waals surface area contributed by atoms with Gasteiger partial charge in [0.05, 0.1) is 20.0 Å². The van der Waals surface area contributed by atoms with Gasteiger partial charge in [-0.15, -0.1) is 0 Å². The Hall–Kier alpha value is -2.56. The summed E-state index contributed by atoms with van der Waals surface area (Å²) in [5.74, 6) is -0.735. The van der Waals surface area contributed by atoms with Gasteiger partial charge in [0.25, 0.3) is 11.6 Å². The molecule has 0 unspecified atom stereocenters. The Bertz CT molecular complexity index is 1160. The van der Waals surface area contributed by atoms with Crippen molar-refractivity contribution in [3.8, 4) is 0 Å². The first-order valence-corrected chi connectivity index (χ1v) is 10.1. The molecule has 0 saturated carbocycles. The maximum Gasteiger partial charge on any atom is 0.282 e. The highest BCUT2D eigenvalue weighted by molar-refractivity contribution is 7.90. The summed E-state index contributed by atoms with van der Waals surface area (Å²) >= 11 is 6.88. The Kier molecular flexibility index (Phi) is 4.65. The molecule has 0 atom stereocenters. The standard InChI is InChI=1S/C15H10ClN3O5S2/c1-26(23,24)9-3-4-11-13(7-9)25-15(17-11)18-14(20)10-6-8(16)2-5-12(10)19(21)22/h2-7H,1H3,(H,17,18,20). The third-order valence-corrected chi connectivity index (χ3v) is 5.69. The van der Waals surface area contributed by atoms with Crippen LogP contribution in [0.3, 0.4) is 0 Å². The number of aromatic nitrogens is 1. The molecule has 0 radical (unpaired) electrons. The van der Waals surface area contributed by atoms with Crippen LogP contribution in [0.4, 0.5) is 10.8 Å². The van der Waals surface area contributed by atoms with E-state index < -0.39 is 20.7 Å². The molecule has 0 saturated heterocycles. The van der Waals surface area contributed by atoms with Crippen molar-refractivity contribution in [3.05, 3.63) is 57.1 Å². The SMILES string of the molecule is CS(=O)(=O)c1ccc2nc(NC(=O)c3cc(Cl)ccc3[N+](=O)[O-])sc2c1. The number of hydrogen-bond acceptors (Lipinski definition) is 7. The number of carbonyl (C=O) groups is 1. The van der Waals surface area contributed by atoms with Crippen molar-refractivity contribution in [1.82, 2.24) is 4.98 Å². The molecule has 26 heavy (non-hydrogen) atoms. The highest BCUT2D eigenvalue weighted by atomic mass is 35.5. The van der Waals surface area contributed by atoms with Crippen LogP contribution in [0, 0.1) is 10.1 Å². The molecule has 1 N–H and O–H groups in total. The predicted molar refractivity (Wildman–Crippen MR) is 98.8 cm³/mol. The van der Waals surface area contributed by atoms with Crippen LogP contribution in [-0.2, 0) is 9.84 Å². The average molecular weight is 412 g/mol. The lowest BCUT2D eigenvalue weighted by atomic mass is 10.1. The van der Waals surface area contributed by atoms with Crippen LogP contribution in [0.1, 0.15) is 10.4 Å². The third-order valence-electron chi connectivity index (χ3n) is 3.41. The number of hydrogen-bond donors (Lipinski definition) is 1. The maximum atomic E-state index is 12.4. The molecule has 0 fully saturated rings. The number of amides is 1. The molecule has 3 rings (SSSR count). The summed E-state index contributed by atoms with van der Waals surface area (Å²) in [6, 6.07) is 8.07. The Morgan fingerprint density at radius 3 is 2.65 bits per heavy atom. The monoisotopic (exact) mass is 411 g/mol. The van der Waals surface area contributed by atoms with Gasteiger partial charge < -0.3 is 0 Å². The lowest BCUT2D eigenvalue weighted by Crippen LogP contribution is -2.13. The van der Waals surface area contributed by atoms with E-state index in [0.717, 1.165) is 23.7 Å². The van der Waals surface area contributed by atoms with Crippen molar-refractivity contribution in [1.29, 1.82) is 0 Å². The lowest BCUT2D eigenvalue weighted by Gasteiger charge is -2.03. The molecular formula is C15H10ClN3O5S2. The van der Waals surface area contributed by atoms with E-state index in [1.165, 1.54) is 30.3 Å². The quantitative estimate of drug-likeness (QED) is 0.518. The van der Waals surface area contributed by atoms with Crippen molar-refractivity contribution in [2.24, 2.45) is 0 Å². The number of nitro benzene ring substituents is 1. The number of sulfone groups is 1. The predicted octanol–water partition coefficient (Wildman–Crippen LogP) is 3.51. The molecule has 134 valence electrons. The number of halogens is 1. The fraction of sp³-hybridized carbons (Fsp3) is 0.0667. The number of carbonyl (C=O) groups excluding carboxylic acids is 1. The van der Waals surface area contributed by atoms with E-state index in [2.05, 4.69) is 10.3 Å². The number of nitrogens with zero attached hydrogens (tertiary/aromatic N) is 2. The van der Waals surface area contributed by atoms with Crippen LogP contribution in [0.25, 0.3) is 10.2 Å². The molecule has 3 aromatic rings. The number of nitrogens with one attached hydrogen (secondary N) is 1. The summed E-state index contributed by atoms with van der Waals surface area (Å²) in [6.07, 6.45) is 1.09. The van der Waals surface area contributed by atoms with E-state index in [1.54, 1.807) is 0 Å². The van der Waals surface area contributed by atoms with Gasteiger partial charge in [0.2, 0.25) is 0 Å². The Morgan fingerprint density at radius 1 is 1.27 bits per heavy atom. The molecule has 8 nitrogen and oxygen atoms in total. The summed E-state index contributed by atoms with van der Waals surface area (Å²) in [5, 5.41) is 13.9. The van der Waals surface area contributed by atoms with Crippen molar-refractivity contribution in [3.63, 3.8) is 0 Å². The first-order chi connectivity index (χ1) is 12.1. The Morgan fingerprint density at radius 2 is 2.00 bits per heavy atom. The molecule has 0 aliphatic rings. The second kappa shape index (κ2) is 6.63. The molecule has 1 amide bonds. The molecule has 0 spiro atoms. The van der Waals surface area contributed by atoms with E-state index in [4.69, 9.17) is 11.6 Å². The Balaban J connectivity index is 1.95. The topological polar surface area (TPSA) is 119 Å². The minimum Gasteiger partial charge on any atom is -0.298 e. The van der Waals surface area contributed by atoms with Crippen molar-refractivity contribution in [2.75, 3.05) is 11.6 Å². The number of benzene rings is 2. The average Bonchev–Trinajstić information content (AvgIpc) is 2.94. The number of nitro groups is 1. The summed E-state index contributed by atoms with van der Waals surface area (Å²) < 4.78 is 23.8. The number of thiazole rings is 1.